The average molecular weight is 294 g/mol. The second-order valence-corrected chi connectivity index (χ2v) is 5.07. The van der Waals surface area contributed by atoms with Crippen LogP contribution in [-0.2, 0) is 4.74 Å². The maximum absolute atomic E-state index is 11.9. The predicted octanol–water partition coefficient (Wildman–Crippen LogP) is 4.00. The number of amides is 1. The summed E-state index contributed by atoms with van der Waals surface area (Å²) in [5.74, 6) is 5.02. The normalized spacial score (nSPS) is 18.6. The van der Waals surface area contributed by atoms with Crippen LogP contribution in [0.5, 0.6) is 0 Å². The van der Waals surface area contributed by atoms with Crippen molar-refractivity contribution in [1.29, 1.82) is 5.26 Å². The summed E-state index contributed by atoms with van der Waals surface area (Å²) in [5, 5.41) is 11.1. The first-order valence-corrected chi connectivity index (χ1v) is 7.41. The Balaban J connectivity index is 1.86. The molecule has 22 heavy (non-hydrogen) atoms. The zero-order valence-electron chi connectivity index (χ0n) is 12.3. The van der Waals surface area contributed by atoms with Crippen LogP contribution in [0.15, 0.2) is 36.4 Å². The first-order chi connectivity index (χ1) is 10.8. The molecule has 1 atom stereocenters. The fourth-order valence-corrected chi connectivity index (χ4v) is 2.28. The summed E-state index contributed by atoms with van der Waals surface area (Å²) >= 11 is 0. The molecule has 1 aliphatic rings. The second kappa shape index (κ2) is 8.54. The molecule has 0 saturated heterocycles. The van der Waals surface area contributed by atoms with Gasteiger partial charge in [-0.1, -0.05) is 18.1 Å². The number of hydrogen-bond donors (Lipinski definition) is 1. The van der Waals surface area contributed by atoms with Gasteiger partial charge in [-0.05, 0) is 56.4 Å². The highest BCUT2D eigenvalue weighted by atomic mass is 16.6. The molecule has 1 N–H and O–H groups in total. The molecule has 0 spiro atoms. The van der Waals surface area contributed by atoms with E-state index in [1.165, 1.54) is 0 Å². The van der Waals surface area contributed by atoms with Crippen LogP contribution in [-0.4, -0.2) is 12.2 Å². The summed E-state index contributed by atoms with van der Waals surface area (Å²) < 4.78 is 5.47. The predicted molar refractivity (Wildman–Crippen MR) is 85.0 cm³/mol. The Labute approximate surface area is 130 Å². The van der Waals surface area contributed by atoms with Gasteiger partial charge in [0.1, 0.15) is 6.10 Å². The Kier molecular flexibility index (Phi) is 6.08. The number of carbonyl (C=O) groups is 1. The van der Waals surface area contributed by atoms with Crippen molar-refractivity contribution < 1.29 is 9.53 Å². The number of benzene rings is 1. The number of nitrogens with zero attached hydrogens (tertiary/aromatic N) is 1. The van der Waals surface area contributed by atoms with E-state index in [1.807, 2.05) is 0 Å². The molecule has 0 fully saturated rings. The molecule has 112 valence electrons. The number of ether oxygens (including phenoxy) is 1. The lowest BCUT2D eigenvalue weighted by atomic mass is 10.0. The third kappa shape index (κ3) is 5.34. The van der Waals surface area contributed by atoms with Crippen LogP contribution in [0.3, 0.4) is 0 Å². The molecule has 0 saturated carbocycles. The Morgan fingerprint density at radius 1 is 1.18 bits per heavy atom. The molecule has 1 amide bonds. The Hall–Kier alpha value is -2.72. The monoisotopic (exact) mass is 294 g/mol. The lowest BCUT2D eigenvalue weighted by molar-refractivity contribution is 0.0985. The lowest BCUT2D eigenvalue weighted by Crippen LogP contribution is -2.22. The van der Waals surface area contributed by atoms with E-state index in [9.17, 15) is 4.79 Å². The van der Waals surface area contributed by atoms with Gasteiger partial charge in [-0.3, -0.25) is 5.32 Å². The van der Waals surface area contributed by atoms with Crippen LogP contribution < -0.4 is 5.32 Å². The van der Waals surface area contributed by atoms with E-state index >= 15 is 0 Å². The summed E-state index contributed by atoms with van der Waals surface area (Å²) in [6.45, 7) is 0. The van der Waals surface area contributed by atoms with Crippen molar-refractivity contribution in [2.75, 3.05) is 5.32 Å². The molecule has 1 aromatic carbocycles. The number of hydrogen-bond acceptors (Lipinski definition) is 3. The zero-order chi connectivity index (χ0) is 15.6. The number of allylic oxidation sites excluding steroid dienone is 2. The molecule has 4 heteroatoms. The SMILES string of the molecule is N#CC#Cc1ccc(NC(=O)O[C@@H]2CC/C=C/CCC2)cc1. The number of anilines is 1. The molecule has 0 heterocycles. The van der Waals surface area contributed by atoms with Gasteiger partial charge in [0, 0.05) is 17.2 Å². The lowest BCUT2D eigenvalue weighted by Gasteiger charge is -2.18. The maximum Gasteiger partial charge on any atom is 0.411 e. The van der Waals surface area contributed by atoms with E-state index < -0.39 is 6.09 Å². The van der Waals surface area contributed by atoms with Gasteiger partial charge in [-0.25, -0.2) is 4.79 Å². The number of carbonyl (C=O) groups excluding carboxylic acids is 1. The van der Waals surface area contributed by atoms with Crippen LogP contribution in [0.1, 0.15) is 37.7 Å². The highest BCUT2D eigenvalue weighted by Gasteiger charge is 2.14. The minimum atomic E-state index is -0.426. The van der Waals surface area contributed by atoms with Crippen molar-refractivity contribution in [3.8, 4) is 17.9 Å². The van der Waals surface area contributed by atoms with Crippen molar-refractivity contribution in [2.45, 2.75) is 38.2 Å². The van der Waals surface area contributed by atoms with Crippen LogP contribution >= 0.6 is 0 Å². The van der Waals surface area contributed by atoms with E-state index in [0.717, 1.165) is 37.7 Å². The van der Waals surface area contributed by atoms with Gasteiger partial charge in [0.25, 0.3) is 0 Å². The highest BCUT2D eigenvalue weighted by Crippen LogP contribution is 2.17. The van der Waals surface area contributed by atoms with Crippen molar-refractivity contribution in [1.82, 2.24) is 0 Å². The van der Waals surface area contributed by atoms with Crippen molar-refractivity contribution in [3.05, 3.63) is 42.0 Å². The minimum absolute atomic E-state index is 0.0225. The maximum atomic E-state index is 11.9. The number of rotatable bonds is 2. The fraction of sp³-hybridized carbons (Fsp3) is 0.333. The third-order valence-corrected chi connectivity index (χ3v) is 3.39. The fourth-order valence-electron chi connectivity index (χ4n) is 2.28. The van der Waals surface area contributed by atoms with Gasteiger partial charge in [-0.15, -0.1) is 0 Å². The van der Waals surface area contributed by atoms with E-state index in [2.05, 4.69) is 29.3 Å². The second-order valence-electron chi connectivity index (χ2n) is 5.07. The van der Waals surface area contributed by atoms with E-state index in [1.54, 1.807) is 30.3 Å². The molecular weight excluding hydrogens is 276 g/mol. The van der Waals surface area contributed by atoms with Gasteiger partial charge in [-0.2, -0.15) is 5.26 Å². The standard InChI is InChI=1S/C18H18N2O2/c19-14-6-7-15-10-12-16(13-11-15)20-18(21)22-17-8-4-2-1-3-5-9-17/h1-2,10-13,17H,3-5,8-9H2,(H,20,21)/b2-1+/t17-/m1/s1. The molecule has 1 aliphatic carbocycles. The molecule has 1 aromatic rings. The molecule has 2 rings (SSSR count). The largest absolute Gasteiger partial charge is 0.446 e. The third-order valence-electron chi connectivity index (χ3n) is 3.39. The van der Waals surface area contributed by atoms with Crippen molar-refractivity contribution in [2.24, 2.45) is 0 Å². The molecular formula is C18H18N2O2. The van der Waals surface area contributed by atoms with Crippen molar-refractivity contribution in [3.63, 3.8) is 0 Å². The molecule has 0 aromatic heterocycles. The molecule has 4 nitrogen and oxygen atoms in total. The van der Waals surface area contributed by atoms with Gasteiger partial charge < -0.3 is 4.74 Å². The minimum Gasteiger partial charge on any atom is -0.446 e. The summed E-state index contributed by atoms with van der Waals surface area (Å²) in [6.07, 6.45) is 8.70. The Bertz CT molecular complexity index is 630. The molecule has 0 bridgehead atoms. The Morgan fingerprint density at radius 2 is 1.95 bits per heavy atom. The van der Waals surface area contributed by atoms with Gasteiger partial charge in [0.2, 0.25) is 0 Å². The van der Waals surface area contributed by atoms with Crippen molar-refractivity contribution >= 4 is 11.8 Å². The smallest absolute Gasteiger partial charge is 0.411 e. The zero-order valence-corrected chi connectivity index (χ0v) is 12.3. The van der Waals surface area contributed by atoms with Crippen LogP contribution in [0.4, 0.5) is 10.5 Å². The summed E-state index contributed by atoms with van der Waals surface area (Å²) in [6, 6.07) is 8.74. The van der Waals surface area contributed by atoms with Gasteiger partial charge in [0.15, 0.2) is 6.07 Å². The Morgan fingerprint density at radius 3 is 2.73 bits per heavy atom. The van der Waals surface area contributed by atoms with Gasteiger partial charge >= 0.3 is 6.09 Å². The molecule has 0 aliphatic heterocycles. The highest BCUT2D eigenvalue weighted by molar-refractivity contribution is 5.84. The first kappa shape index (κ1) is 15.7. The quantitative estimate of drug-likeness (QED) is 0.662. The summed E-state index contributed by atoms with van der Waals surface area (Å²) in [4.78, 5) is 11.9. The van der Waals surface area contributed by atoms with Crippen LogP contribution in [0.2, 0.25) is 0 Å². The summed E-state index contributed by atoms with van der Waals surface area (Å²) in [7, 11) is 0. The number of nitriles is 1. The summed E-state index contributed by atoms with van der Waals surface area (Å²) in [5.41, 5.74) is 1.38. The van der Waals surface area contributed by atoms with E-state index in [0.29, 0.717) is 5.69 Å². The van der Waals surface area contributed by atoms with E-state index in [4.69, 9.17) is 10.00 Å². The van der Waals surface area contributed by atoms with Crippen LogP contribution in [0, 0.1) is 23.2 Å². The van der Waals surface area contributed by atoms with Crippen LogP contribution in [0.25, 0.3) is 0 Å². The topological polar surface area (TPSA) is 62.1 Å². The molecule has 0 unspecified atom stereocenters. The number of nitrogens with one attached hydrogen (secondary N) is 1. The average Bonchev–Trinajstić information content (AvgIpc) is 2.49. The first-order valence-electron chi connectivity index (χ1n) is 7.41. The van der Waals surface area contributed by atoms with Gasteiger partial charge in [0.05, 0.1) is 0 Å². The van der Waals surface area contributed by atoms with E-state index in [-0.39, 0.29) is 6.10 Å². The molecule has 0 radical (unpaired) electrons.